The second-order valence-electron chi connectivity index (χ2n) is 8.84. The molecule has 190 valence electrons. The van der Waals surface area contributed by atoms with Crippen LogP contribution in [0.2, 0.25) is 0 Å². The van der Waals surface area contributed by atoms with Crippen molar-refractivity contribution in [3.63, 3.8) is 0 Å². The third-order valence-electron chi connectivity index (χ3n) is 6.15. The van der Waals surface area contributed by atoms with E-state index in [0.717, 1.165) is 16.7 Å². The highest BCUT2D eigenvalue weighted by Crippen LogP contribution is 2.32. The quantitative estimate of drug-likeness (QED) is 0.419. The van der Waals surface area contributed by atoms with E-state index in [9.17, 15) is 15.0 Å². The molecule has 0 aliphatic heterocycles. The standard InChI is InChI=1S/C29H32O7/c1-20(30)36-26-24(31)27(33-17-21-11-5-2-6-12-21)29(35-19-23-15-9-4-10-16-23)28(25(26)32)34-18-22-13-7-3-8-14-22/h2-16,24-29,31-32H,17-19H2,1H3/t24-,25+,26?,27-,28+,29?. The van der Waals surface area contributed by atoms with Crippen molar-refractivity contribution in [2.75, 3.05) is 0 Å². The van der Waals surface area contributed by atoms with Crippen molar-refractivity contribution >= 4 is 5.97 Å². The van der Waals surface area contributed by atoms with Crippen molar-refractivity contribution in [2.45, 2.75) is 63.4 Å². The predicted molar refractivity (Wildman–Crippen MR) is 133 cm³/mol. The molecule has 0 heterocycles. The number of benzene rings is 3. The van der Waals surface area contributed by atoms with Crippen molar-refractivity contribution in [1.29, 1.82) is 0 Å². The van der Waals surface area contributed by atoms with Crippen LogP contribution >= 0.6 is 0 Å². The number of ether oxygens (including phenoxy) is 4. The molecule has 1 aliphatic carbocycles. The van der Waals surface area contributed by atoms with Gasteiger partial charge >= 0.3 is 5.97 Å². The summed E-state index contributed by atoms with van der Waals surface area (Å²) in [6, 6.07) is 28.7. The molecular weight excluding hydrogens is 460 g/mol. The van der Waals surface area contributed by atoms with Crippen LogP contribution in [0.1, 0.15) is 23.6 Å². The lowest BCUT2D eigenvalue weighted by Crippen LogP contribution is -2.66. The summed E-state index contributed by atoms with van der Waals surface area (Å²) in [7, 11) is 0. The number of carbonyl (C=O) groups excluding carboxylic acids is 1. The van der Waals surface area contributed by atoms with E-state index >= 15 is 0 Å². The van der Waals surface area contributed by atoms with Crippen LogP contribution in [-0.2, 0) is 43.6 Å². The molecule has 0 aromatic heterocycles. The summed E-state index contributed by atoms with van der Waals surface area (Å²) in [6.45, 7) is 1.85. The van der Waals surface area contributed by atoms with Gasteiger partial charge in [0.15, 0.2) is 6.10 Å². The number of hydrogen-bond acceptors (Lipinski definition) is 7. The zero-order valence-corrected chi connectivity index (χ0v) is 20.2. The molecule has 6 atom stereocenters. The molecular formula is C29H32O7. The second kappa shape index (κ2) is 12.8. The summed E-state index contributed by atoms with van der Waals surface area (Å²) < 4.78 is 23.9. The fraction of sp³-hybridized carbons (Fsp3) is 0.345. The molecule has 0 spiro atoms. The number of esters is 1. The first-order valence-electron chi connectivity index (χ1n) is 12.0. The Kier molecular flexibility index (Phi) is 9.22. The molecule has 36 heavy (non-hydrogen) atoms. The highest BCUT2D eigenvalue weighted by Gasteiger charge is 2.53. The summed E-state index contributed by atoms with van der Waals surface area (Å²) in [5.41, 5.74) is 2.74. The van der Waals surface area contributed by atoms with Gasteiger partial charge in [0.1, 0.15) is 30.5 Å². The van der Waals surface area contributed by atoms with Gasteiger partial charge in [0.2, 0.25) is 0 Å². The fourth-order valence-corrected chi connectivity index (χ4v) is 4.36. The molecule has 0 radical (unpaired) electrons. The summed E-state index contributed by atoms with van der Waals surface area (Å²) in [6.07, 6.45) is -6.59. The Labute approximate surface area is 211 Å². The molecule has 1 aliphatic rings. The Morgan fingerprint density at radius 1 is 0.583 bits per heavy atom. The normalized spacial score (nSPS) is 25.9. The third-order valence-corrected chi connectivity index (χ3v) is 6.15. The van der Waals surface area contributed by atoms with Gasteiger partial charge in [-0.05, 0) is 16.7 Å². The van der Waals surface area contributed by atoms with Gasteiger partial charge in [-0.25, -0.2) is 0 Å². The van der Waals surface area contributed by atoms with Crippen LogP contribution in [0.5, 0.6) is 0 Å². The predicted octanol–water partition coefficient (Wildman–Crippen LogP) is 3.41. The molecule has 0 amide bonds. The SMILES string of the molecule is CC(=O)OC1[C@@H](O)[C@@H](OCc2ccccc2)C(OCc2ccccc2)[C@@H](OCc2ccccc2)[C@H]1O. The van der Waals surface area contributed by atoms with Crippen LogP contribution in [0.25, 0.3) is 0 Å². The van der Waals surface area contributed by atoms with Crippen molar-refractivity contribution in [3.05, 3.63) is 108 Å². The number of hydrogen-bond donors (Lipinski definition) is 2. The maximum atomic E-state index is 11.8. The van der Waals surface area contributed by atoms with Gasteiger partial charge in [-0.1, -0.05) is 91.0 Å². The molecule has 1 saturated carbocycles. The molecule has 7 nitrogen and oxygen atoms in total. The average molecular weight is 493 g/mol. The lowest BCUT2D eigenvalue weighted by Gasteiger charge is -2.46. The van der Waals surface area contributed by atoms with Gasteiger partial charge in [-0.2, -0.15) is 0 Å². The molecule has 2 unspecified atom stereocenters. The molecule has 0 bridgehead atoms. The highest BCUT2D eigenvalue weighted by atomic mass is 16.6. The van der Waals surface area contributed by atoms with Crippen LogP contribution < -0.4 is 0 Å². The Hall–Kier alpha value is -3.07. The van der Waals surface area contributed by atoms with Gasteiger partial charge in [0, 0.05) is 6.92 Å². The van der Waals surface area contributed by atoms with Crippen molar-refractivity contribution < 1.29 is 34.0 Å². The summed E-state index contributed by atoms with van der Waals surface area (Å²) >= 11 is 0. The molecule has 0 saturated heterocycles. The first-order valence-corrected chi connectivity index (χ1v) is 12.0. The van der Waals surface area contributed by atoms with Crippen molar-refractivity contribution in [3.8, 4) is 0 Å². The Bertz CT molecular complexity index is 1000. The summed E-state index contributed by atoms with van der Waals surface area (Å²) in [5.74, 6) is -0.620. The van der Waals surface area contributed by atoms with E-state index in [1.165, 1.54) is 6.92 Å². The van der Waals surface area contributed by atoms with E-state index in [-0.39, 0.29) is 19.8 Å². The second-order valence-corrected chi connectivity index (χ2v) is 8.84. The number of aliphatic hydroxyl groups excluding tert-OH is 2. The smallest absolute Gasteiger partial charge is 0.303 e. The van der Waals surface area contributed by atoms with Gasteiger partial charge in [0.05, 0.1) is 19.8 Å². The van der Waals surface area contributed by atoms with Gasteiger partial charge in [-0.15, -0.1) is 0 Å². The maximum absolute atomic E-state index is 11.8. The Morgan fingerprint density at radius 2 is 0.917 bits per heavy atom. The Morgan fingerprint density at radius 3 is 1.25 bits per heavy atom. The molecule has 3 aromatic rings. The summed E-state index contributed by atoms with van der Waals surface area (Å²) in [5, 5.41) is 22.4. The van der Waals surface area contributed by atoms with E-state index in [0.29, 0.717) is 0 Å². The highest BCUT2D eigenvalue weighted by molar-refractivity contribution is 5.66. The van der Waals surface area contributed by atoms with Crippen LogP contribution in [0.4, 0.5) is 0 Å². The van der Waals surface area contributed by atoms with E-state index in [1.54, 1.807) is 0 Å². The lowest BCUT2D eigenvalue weighted by atomic mass is 9.84. The first-order chi connectivity index (χ1) is 17.5. The molecule has 3 aromatic carbocycles. The van der Waals surface area contributed by atoms with E-state index < -0.39 is 42.6 Å². The zero-order chi connectivity index (χ0) is 25.3. The minimum absolute atomic E-state index is 0.196. The van der Waals surface area contributed by atoms with Crippen molar-refractivity contribution in [2.24, 2.45) is 0 Å². The van der Waals surface area contributed by atoms with Crippen LogP contribution in [-0.4, -0.2) is 52.8 Å². The van der Waals surface area contributed by atoms with Gasteiger partial charge in [0.25, 0.3) is 0 Å². The van der Waals surface area contributed by atoms with Crippen LogP contribution in [0.3, 0.4) is 0 Å². The largest absolute Gasteiger partial charge is 0.457 e. The fourth-order valence-electron chi connectivity index (χ4n) is 4.36. The van der Waals surface area contributed by atoms with E-state index in [2.05, 4.69) is 0 Å². The number of rotatable bonds is 10. The number of aliphatic hydroxyl groups is 2. The zero-order valence-electron chi connectivity index (χ0n) is 20.2. The maximum Gasteiger partial charge on any atom is 0.303 e. The molecule has 1 fully saturated rings. The van der Waals surface area contributed by atoms with Crippen molar-refractivity contribution in [1.82, 2.24) is 0 Å². The summed E-state index contributed by atoms with van der Waals surface area (Å²) in [4.78, 5) is 11.8. The topological polar surface area (TPSA) is 94.5 Å². The first kappa shape index (κ1) is 26.0. The van der Waals surface area contributed by atoms with Crippen LogP contribution in [0, 0.1) is 0 Å². The lowest BCUT2D eigenvalue weighted by molar-refractivity contribution is -0.267. The minimum Gasteiger partial charge on any atom is -0.457 e. The van der Waals surface area contributed by atoms with Crippen LogP contribution in [0.15, 0.2) is 91.0 Å². The average Bonchev–Trinajstić information content (AvgIpc) is 2.90. The monoisotopic (exact) mass is 492 g/mol. The number of carbonyl (C=O) groups is 1. The minimum atomic E-state index is -1.33. The van der Waals surface area contributed by atoms with E-state index in [1.807, 2.05) is 91.0 Å². The third kappa shape index (κ3) is 6.78. The van der Waals surface area contributed by atoms with Gasteiger partial charge < -0.3 is 29.2 Å². The Balaban J connectivity index is 1.60. The molecule has 2 N–H and O–H groups in total. The van der Waals surface area contributed by atoms with E-state index in [4.69, 9.17) is 18.9 Å². The molecule has 7 heteroatoms. The molecule has 4 rings (SSSR count). The van der Waals surface area contributed by atoms with Gasteiger partial charge in [-0.3, -0.25) is 4.79 Å².